The molecule has 0 aromatic heterocycles. The van der Waals surface area contributed by atoms with Crippen molar-refractivity contribution in [1.82, 2.24) is 0 Å². The second-order valence-corrected chi connectivity index (χ2v) is 9.04. The topological polar surface area (TPSA) is 140 Å². The van der Waals surface area contributed by atoms with Gasteiger partial charge in [0, 0.05) is 36.7 Å². The Balaban J connectivity index is 1.69. The Labute approximate surface area is 197 Å². The van der Waals surface area contributed by atoms with Crippen LogP contribution in [0.2, 0.25) is 0 Å². The molecule has 10 nitrogen and oxygen atoms in total. The third-order valence-corrected chi connectivity index (χ3v) is 6.20. The van der Waals surface area contributed by atoms with Crippen molar-refractivity contribution in [2.75, 3.05) is 35.6 Å². The third-order valence-electron chi connectivity index (χ3n) is 4.80. The van der Waals surface area contributed by atoms with E-state index < -0.39 is 20.9 Å². The molecule has 0 aliphatic rings. The Morgan fingerprint density at radius 1 is 1.00 bits per heavy atom. The van der Waals surface area contributed by atoms with Gasteiger partial charge in [0.25, 0.3) is 21.6 Å². The van der Waals surface area contributed by atoms with Crippen molar-refractivity contribution >= 4 is 38.7 Å². The normalized spacial score (nSPS) is 11.0. The molecule has 0 bridgehead atoms. The maximum Gasteiger partial charge on any atom is 0.293 e. The van der Waals surface area contributed by atoms with Crippen LogP contribution in [0.25, 0.3) is 0 Å². The fraction of sp³-hybridized carbons (Fsp3) is 0.174. The predicted octanol–water partition coefficient (Wildman–Crippen LogP) is 4.01. The second kappa shape index (κ2) is 10.8. The number of nitro benzene ring substituents is 1. The lowest BCUT2D eigenvalue weighted by Gasteiger charge is -2.11. The molecule has 0 heterocycles. The number of hydrogen-bond acceptors (Lipinski definition) is 7. The molecular weight excluding hydrogens is 460 g/mol. The second-order valence-electron chi connectivity index (χ2n) is 7.36. The Kier molecular flexibility index (Phi) is 7.82. The smallest absolute Gasteiger partial charge is 0.293 e. The van der Waals surface area contributed by atoms with Crippen LogP contribution in [-0.2, 0) is 14.8 Å². The minimum atomic E-state index is -3.75. The number of sulfonamides is 1. The molecule has 0 fully saturated rings. The number of carbonyl (C=O) groups excluding carboxylic acids is 1. The minimum absolute atomic E-state index is 0.105. The summed E-state index contributed by atoms with van der Waals surface area (Å²) in [5.41, 5.74) is 1.82. The van der Waals surface area contributed by atoms with Gasteiger partial charge in [-0.25, -0.2) is 8.42 Å². The first-order valence-electron chi connectivity index (χ1n) is 10.2. The minimum Gasteiger partial charge on any atom is -0.383 e. The van der Waals surface area contributed by atoms with E-state index in [0.717, 1.165) is 5.56 Å². The summed E-state index contributed by atoms with van der Waals surface area (Å²) < 4.78 is 32.4. The van der Waals surface area contributed by atoms with Crippen LogP contribution in [-0.4, -0.2) is 39.5 Å². The fourth-order valence-electron chi connectivity index (χ4n) is 3.02. The monoisotopic (exact) mass is 484 g/mol. The highest BCUT2D eigenvalue weighted by molar-refractivity contribution is 7.92. The molecule has 0 atom stereocenters. The van der Waals surface area contributed by atoms with Gasteiger partial charge >= 0.3 is 0 Å². The first-order chi connectivity index (χ1) is 16.2. The van der Waals surface area contributed by atoms with Crippen molar-refractivity contribution in [2.24, 2.45) is 0 Å². The van der Waals surface area contributed by atoms with Crippen LogP contribution in [0, 0.1) is 17.0 Å². The maximum absolute atomic E-state index is 12.6. The van der Waals surface area contributed by atoms with E-state index in [1.807, 2.05) is 6.92 Å². The number of nitrogens with one attached hydrogen (secondary N) is 3. The average Bonchev–Trinajstić information content (AvgIpc) is 2.80. The molecular formula is C23H24N4O6S. The van der Waals surface area contributed by atoms with Gasteiger partial charge in [-0.1, -0.05) is 17.7 Å². The summed E-state index contributed by atoms with van der Waals surface area (Å²) >= 11 is 0. The predicted molar refractivity (Wildman–Crippen MR) is 130 cm³/mol. The van der Waals surface area contributed by atoms with Crippen LogP contribution in [0.3, 0.4) is 0 Å². The van der Waals surface area contributed by atoms with Crippen LogP contribution >= 0.6 is 0 Å². The molecule has 3 aromatic carbocycles. The number of aryl methyl sites for hydroxylation is 1. The highest BCUT2D eigenvalue weighted by Crippen LogP contribution is 2.26. The molecule has 3 rings (SSSR count). The molecule has 0 radical (unpaired) electrons. The zero-order valence-corrected chi connectivity index (χ0v) is 19.4. The summed E-state index contributed by atoms with van der Waals surface area (Å²) in [5.74, 6) is -0.542. The van der Waals surface area contributed by atoms with Gasteiger partial charge in [0.05, 0.1) is 16.4 Å². The highest BCUT2D eigenvalue weighted by atomic mass is 32.2. The van der Waals surface area contributed by atoms with Crippen LogP contribution in [0.5, 0.6) is 0 Å². The van der Waals surface area contributed by atoms with E-state index in [2.05, 4.69) is 15.4 Å². The van der Waals surface area contributed by atoms with E-state index in [4.69, 9.17) is 4.74 Å². The van der Waals surface area contributed by atoms with Crippen molar-refractivity contribution in [3.63, 3.8) is 0 Å². The van der Waals surface area contributed by atoms with Gasteiger partial charge in [-0.15, -0.1) is 0 Å². The molecule has 0 unspecified atom stereocenters. The number of amides is 1. The standard InChI is InChI=1S/C23H24N4O6S/c1-16-3-10-20(11-4-16)34(31,32)26-19-8-6-18(7-9-19)25-23(28)17-5-12-21(24-13-14-33-2)22(15-17)27(29)30/h3-12,15,24,26H,13-14H2,1-2H3,(H,25,28). The van der Waals surface area contributed by atoms with Crippen LogP contribution in [0.1, 0.15) is 15.9 Å². The van der Waals surface area contributed by atoms with Gasteiger partial charge in [0.15, 0.2) is 0 Å². The average molecular weight is 485 g/mol. The van der Waals surface area contributed by atoms with Crippen LogP contribution in [0.15, 0.2) is 71.6 Å². The SMILES string of the molecule is COCCNc1ccc(C(=O)Nc2ccc(NS(=O)(=O)c3ccc(C)cc3)cc2)cc1[N+](=O)[O-]. The van der Waals surface area contributed by atoms with Gasteiger partial charge in [0.2, 0.25) is 0 Å². The molecule has 0 spiro atoms. The molecule has 34 heavy (non-hydrogen) atoms. The van der Waals surface area contributed by atoms with E-state index >= 15 is 0 Å². The Bertz CT molecular complexity index is 1280. The Morgan fingerprint density at radius 2 is 1.65 bits per heavy atom. The number of nitro groups is 1. The summed E-state index contributed by atoms with van der Waals surface area (Å²) in [6.07, 6.45) is 0. The molecule has 0 aliphatic heterocycles. The quantitative estimate of drug-likeness (QED) is 0.224. The molecule has 3 N–H and O–H groups in total. The van der Waals surface area contributed by atoms with Crippen molar-refractivity contribution in [1.29, 1.82) is 0 Å². The van der Waals surface area contributed by atoms with Crippen LogP contribution < -0.4 is 15.4 Å². The van der Waals surface area contributed by atoms with E-state index in [1.165, 1.54) is 61.7 Å². The fourth-order valence-corrected chi connectivity index (χ4v) is 4.08. The number of anilines is 3. The lowest BCUT2D eigenvalue weighted by Crippen LogP contribution is -2.14. The number of methoxy groups -OCH3 is 1. The highest BCUT2D eigenvalue weighted by Gasteiger charge is 2.18. The molecule has 11 heteroatoms. The summed E-state index contributed by atoms with van der Waals surface area (Å²) in [4.78, 5) is 23.6. The molecule has 0 saturated heterocycles. The van der Waals surface area contributed by atoms with Gasteiger partial charge in [-0.3, -0.25) is 19.6 Å². The van der Waals surface area contributed by atoms with E-state index in [0.29, 0.717) is 24.5 Å². The van der Waals surface area contributed by atoms with Crippen molar-refractivity contribution < 1.29 is 22.9 Å². The molecule has 0 aliphatic carbocycles. The first-order valence-corrected chi connectivity index (χ1v) is 11.7. The van der Waals surface area contributed by atoms with E-state index in [-0.39, 0.29) is 21.8 Å². The van der Waals surface area contributed by atoms with E-state index in [1.54, 1.807) is 12.1 Å². The molecule has 178 valence electrons. The van der Waals surface area contributed by atoms with Gasteiger partial charge in [0.1, 0.15) is 5.69 Å². The third kappa shape index (κ3) is 6.30. The van der Waals surface area contributed by atoms with Crippen molar-refractivity contribution in [3.8, 4) is 0 Å². The molecule has 0 saturated carbocycles. The van der Waals surface area contributed by atoms with Gasteiger partial charge < -0.3 is 15.4 Å². The Morgan fingerprint density at radius 3 is 2.26 bits per heavy atom. The molecule has 3 aromatic rings. The largest absolute Gasteiger partial charge is 0.383 e. The number of carbonyl (C=O) groups is 1. The maximum atomic E-state index is 12.6. The number of benzene rings is 3. The lowest BCUT2D eigenvalue weighted by molar-refractivity contribution is -0.384. The summed E-state index contributed by atoms with van der Waals surface area (Å²) in [7, 11) is -2.23. The number of nitrogens with zero attached hydrogens (tertiary/aromatic N) is 1. The Hall–Kier alpha value is -3.96. The first kappa shape index (κ1) is 24.7. The van der Waals surface area contributed by atoms with Gasteiger partial charge in [-0.05, 0) is 55.5 Å². The van der Waals surface area contributed by atoms with E-state index in [9.17, 15) is 23.3 Å². The number of ether oxygens (including phenoxy) is 1. The number of rotatable bonds is 10. The van der Waals surface area contributed by atoms with Crippen LogP contribution in [0.4, 0.5) is 22.7 Å². The summed E-state index contributed by atoms with van der Waals surface area (Å²) in [6.45, 7) is 2.61. The zero-order valence-electron chi connectivity index (χ0n) is 18.6. The zero-order chi connectivity index (χ0) is 24.7. The lowest BCUT2D eigenvalue weighted by atomic mass is 10.1. The summed E-state index contributed by atoms with van der Waals surface area (Å²) in [6, 6.07) is 16.6. The number of hydrogen-bond donors (Lipinski definition) is 3. The van der Waals surface area contributed by atoms with Crippen molar-refractivity contribution in [2.45, 2.75) is 11.8 Å². The van der Waals surface area contributed by atoms with Gasteiger partial charge in [-0.2, -0.15) is 0 Å². The molecule has 1 amide bonds. The van der Waals surface area contributed by atoms with Crippen molar-refractivity contribution in [3.05, 3.63) is 88.0 Å². The summed E-state index contributed by atoms with van der Waals surface area (Å²) in [5, 5.41) is 16.9.